The molecule has 80 valence electrons. The molecule has 1 aliphatic rings. The molecule has 15 heavy (non-hydrogen) atoms. The SMILES string of the molecule is CN(C(=O)c1ccc(Br)cn1)C1CCC1. The van der Waals surface area contributed by atoms with Crippen molar-refractivity contribution in [3.8, 4) is 0 Å². The van der Waals surface area contributed by atoms with E-state index in [2.05, 4.69) is 20.9 Å². The standard InChI is InChI=1S/C11H13BrN2O/c1-14(9-3-2-4-9)11(15)10-6-5-8(12)7-13-10/h5-7,9H,2-4H2,1H3. The molecule has 1 heterocycles. The summed E-state index contributed by atoms with van der Waals surface area (Å²) < 4.78 is 0.894. The van der Waals surface area contributed by atoms with Gasteiger partial charge in [0.25, 0.3) is 5.91 Å². The largest absolute Gasteiger partial charge is 0.337 e. The maximum atomic E-state index is 11.9. The van der Waals surface area contributed by atoms with Gasteiger partial charge in [-0.15, -0.1) is 0 Å². The van der Waals surface area contributed by atoms with E-state index < -0.39 is 0 Å². The predicted molar refractivity (Wildman–Crippen MR) is 61.7 cm³/mol. The molecule has 0 aromatic carbocycles. The van der Waals surface area contributed by atoms with E-state index in [1.165, 1.54) is 6.42 Å². The Morgan fingerprint density at radius 3 is 2.73 bits per heavy atom. The van der Waals surface area contributed by atoms with Crippen LogP contribution in [0.4, 0.5) is 0 Å². The highest BCUT2D eigenvalue weighted by Gasteiger charge is 2.26. The maximum absolute atomic E-state index is 11.9. The first kappa shape index (κ1) is 10.6. The monoisotopic (exact) mass is 268 g/mol. The number of carbonyl (C=O) groups excluding carboxylic acids is 1. The predicted octanol–water partition coefficient (Wildman–Crippen LogP) is 2.47. The summed E-state index contributed by atoms with van der Waals surface area (Å²) in [6.07, 6.45) is 5.13. The van der Waals surface area contributed by atoms with Crippen LogP contribution in [0.1, 0.15) is 29.8 Å². The van der Waals surface area contributed by atoms with E-state index in [-0.39, 0.29) is 5.91 Å². The zero-order chi connectivity index (χ0) is 10.8. The van der Waals surface area contributed by atoms with E-state index >= 15 is 0 Å². The van der Waals surface area contributed by atoms with Gasteiger partial charge in [-0.05, 0) is 47.3 Å². The van der Waals surface area contributed by atoms with Crippen molar-refractivity contribution in [1.29, 1.82) is 0 Å². The van der Waals surface area contributed by atoms with E-state index in [0.29, 0.717) is 11.7 Å². The minimum Gasteiger partial charge on any atom is -0.337 e. The van der Waals surface area contributed by atoms with Gasteiger partial charge in [0.15, 0.2) is 0 Å². The Morgan fingerprint density at radius 1 is 1.53 bits per heavy atom. The van der Waals surface area contributed by atoms with Crippen LogP contribution in [0.5, 0.6) is 0 Å². The fourth-order valence-electron chi connectivity index (χ4n) is 1.62. The summed E-state index contributed by atoms with van der Waals surface area (Å²) >= 11 is 3.30. The van der Waals surface area contributed by atoms with Crippen LogP contribution < -0.4 is 0 Å². The molecule has 1 aromatic rings. The number of hydrogen-bond acceptors (Lipinski definition) is 2. The van der Waals surface area contributed by atoms with Crippen LogP contribution in [0.3, 0.4) is 0 Å². The van der Waals surface area contributed by atoms with E-state index in [1.54, 1.807) is 17.2 Å². The number of aromatic nitrogens is 1. The Bertz CT molecular complexity index is 359. The molecule has 0 spiro atoms. The van der Waals surface area contributed by atoms with Gasteiger partial charge in [0.1, 0.15) is 5.69 Å². The number of nitrogens with zero attached hydrogens (tertiary/aromatic N) is 2. The minimum absolute atomic E-state index is 0.0206. The lowest BCUT2D eigenvalue weighted by Crippen LogP contribution is -2.41. The van der Waals surface area contributed by atoms with E-state index in [4.69, 9.17) is 0 Å². The fraction of sp³-hybridized carbons (Fsp3) is 0.455. The molecule has 1 fully saturated rings. The molecule has 1 amide bonds. The third-order valence-electron chi connectivity index (χ3n) is 2.89. The molecular weight excluding hydrogens is 256 g/mol. The van der Waals surface area contributed by atoms with Crippen LogP contribution in [-0.4, -0.2) is 28.9 Å². The van der Waals surface area contributed by atoms with Gasteiger partial charge in [-0.1, -0.05) is 0 Å². The number of amides is 1. The Hall–Kier alpha value is -0.900. The molecule has 1 aromatic heterocycles. The van der Waals surface area contributed by atoms with Crippen LogP contribution in [0, 0.1) is 0 Å². The van der Waals surface area contributed by atoms with Crippen molar-refractivity contribution in [3.05, 3.63) is 28.5 Å². The van der Waals surface area contributed by atoms with Crippen LogP contribution in [0.2, 0.25) is 0 Å². The highest BCUT2D eigenvalue weighted by molar-refractivity contribution is 9.10. The second-order valence-electron chi connectivity index (χ2n) is 3.86. The number of pyridine rings is 1. The minimum atomic E-state index is 0.0206. The van der Waals surface area contributed by atoms with Gasteiger partial charge in [-0.3, -0.25) is 4.79 Å². The second kappa shape index (κ2) is 4.31. The second-order valence-corrected chi connectivity index (χ2v) is 4.78. The van der Waals surface area contributed by atoms with Crippen molar-refractivity contribution < 1.29 is 4.79 Å². The zero-order valence-electron chi connectivity index (χ0n) is 8.61. The molecular formula is C11H13BrN2O. The average molecular weight is 269 g/mol. The van der Waals surface area contributed by atoms with Gasteiger partial charge in [0, 0.05) is 23.8 Å². The molecule has 0 atom stereocenters. The van der Waals surface area contributed by atoms with Gasteiger partial charge in [0.05, 0.1) is 0 Å². The molecule has 0 N–H and O–H groups in total. The third-order valence-corrected chi connectivity index (χ3v) is 3.36. The van der Waals surface area contributed by atoms with Gasteiger partial charge in [0.2, 0.25) is 0 Å². The average Bonchev–Trinajstić information content (AvgIpc) is 2.15. The Balaban J connectivity index is 2.09. The lowest BCUT2D eigenvalue weighted by Gasteiger charge is -2.34. The summed E-state index contributed by atoms with van der Waals surface area (Å²) in [6.45, 7) is 0. The molecule has 1 saturated carbocycles. The number of carbonyl (C=O) groups is 1. The van der Waals surface area contributed by atoms with Crippen LogP contribution in [0.25, 0.3) is 0 Å². The number of halogens is 1. The summed E-state index contributed by atoms with van der Waals surface area (Å²) in [5, 5.41) is 0. The summed E-state index contributed by atoms with van der Waals surface area (Å²) in [5.41, 5.74) is 0.521. The molecule has 3 nitrogen and oxygen atoms in total. The molecule has 0 bridgehead atoms. The maximum Gasteiger partial charge on any atom is 0.272 e. The Kier molecular flexibility index (Phi) is 3.05. The first-order chi connectivity index (χ1) is 7.18. The van der Waals surface area contributed by atoms with Crippen molar-refractivity contribution in [2.75, 3.05) is 7.05 Å². The van der Waals surface area contributed by atoms with Gasteiger partial charge < -0.3 is 4.90 Å². The summed E-state index contributed by atoms with van der Waals surface area (Å²) in [5.74, 6) is 0.0206. The van der Waals surface area contributed by atoms with E-state index in [1.807, 2.05) is 13.1 Å². The quantitative estimate of drug-likeness (QED) is 0.826. The van der Waals surface area contributed by atoms with Crippen LogP contribution >= 0.6 is 15.9 Å². The molecule has 1 aliphatic carbocycles. The summed E-state index contributed by atoms with van der Waals surface area (Å²) in [4.78, 5) is 17.8. The van der Waals surface area contributed by atoms with Gasteiger partial charge in [-0.2, -0.15) is 0 Å². The smallest absolute Gasteiger partial charge is 0.272 e. The van der Waals surface area contributed by atoms with E-state index in [0.717, 1.165) is 17.3 Å². The van der Waals surface area contributed by atoms with Crippen molar-refractivity contribution in [2.45, 2.75) is 25.3 Å². The lowest BCUT2D eigenvalue weighted by molar-refractivity contribution is 0.0646. The zero-order valence-corrected chi connectivity index (χ0v) is 10.2. The van der Waals surface area contributed by atoms with Crippen molar-refractivity contribution >= 4 is 21.8 Å². The Labute approximate surface area is 97.6 Å². The van der Waals surface area contributed by atoms with E-state index in [9.17, 15) is 4.79 Å². The topological polar surface area (TPSA) is 33.2 Å². The molecule has 0 unspecified atom stereocenters. The van der Waals surface area contributed by atoms with Crippen LogP contribution in [0.15, 0.2) is 22.8 Å². The molecule has 4 heteroatoms. The third kappa shape index (κ3) is 2.20. The molecule has 0 aliphatic heterocycles. The van der Waals surface area contributed by atoms with Gasteiger partial charge in [-0.25, -0.2) is 4.98 Å². The summed E-state index contributed by atoms with van der Waals surface area (Å²) in [6, 6.07) is 4.01. The molecule has 0 radical (unpaired) electrons. The van der Waals surface area contributed by atoms with Crippen molar-refractivity contribution in [3.63, 3.8) is 0 Å². The molecule has 0 saturated heterocycles. The Morgan fingerprint density at radius 2 is 2.27 bits per heavy atom. The van der Waals surface area contributed by atoms with Crippen molar-refractivity contribution in [1.82, 2.24) is 9.88 Å². The van der Waals surface area contributed by atoms with Crippen molar-refractivity contribution in [2.24, 2.45) is 0 Å². The fourth-order valence-corrected chi connectivity index (χ4v) is 1.86. The highest BCUT2D eigenvalue weighted by Crippen LogP contribution is 2.24. The number of rotatable bonds is 2. The first-order valence-corrected chi connectivity index (χ1v) is 5.86. The lowest BCUT2D eigenvalue weighted by atomic mass is 9.92. The number of hydrogen-bond donors (Lipinski definition) is 0. The highest BCUT2D eigenvalue weighted by atomic mass is 79.9. The van der Waals surface area contributed by atoms with Crippen LogP contribution in [-0.2, 0) is 0 Å². The first-order valence-electron chi connectivity index (χ1n) is 5.07. The van der Waals surface area contributed by atoms with Gasteiger partial charge >= 0.3 is 0 Å². The normalized spacial score (nSPS) is 15.9. The molecule has 2 rings (SSSR count). The summed E-state index contributed by atoms with van der Waals surface area (Å²) in [7, 11) is 1.86.